The van der Waals surface area contributed by atoms with E-state index < -0.39 is 10.0 Å². The Morgan fingerprint density at radius 1 is 1.47 bits per heavy atom. The zero-order valence-corrected chi connectivity index (χ0v) is 12.9. The number of halogens is 1. The normalized spacial score (nSPS) is 16.5. The highest BCUT2D eigenvalue weighted by Gasteiger charge is 2.21. The smallest absolute Gasteiger partial charge is 0.259 e. The van der Waals surface area contributed by atoms with Crippen molar-refractivity contribution in [1.29, 1.82) is 0 Å². The molecule has 1 aromatic heterocycles. The van der Waals surface area contributed by atoms with Crippen LogP contribution in [0.3, 0.4) is 0 Å². The van der Waals surface area contributed by atoms with Crippen molar-refractivity contribution in [2.24, 2.45) is 0 Å². The maximum atomic E-state index is 12.1. The third-order valence-electron chi connectivity index (χ3n) is 3.23. The van der Waals surface area contributed by atoms with Crippen molar-refractivity contribution < 1.29 is 8.42 Å². The molecule has 2 N–H and O–H groups in total. The highest BCUT2D eigenvalue weighted by molar-refractivity contribution is 7.89. The van der Waals surface area contributed by atoms with Gasteiger partial charge in [-0.25, -0.2) is 18.1 Å². The van der Waals surface area contributed by atoms with E-state index in [1.54, 1.807) is 13.2 Å². The van der Waals surface area contributed by atoms with Crippen molar-refractivity contribution in [3.63, 3.8) is 0 Å². The van der Waals surface area contributed by atoms with E-state index in [0.717, 1.165) is 31.6 Å². The average Bonchev–Trinajstić information content (AvgIpc) is 2.80. The van der Waals surface area contributed by atoms with E-state index in [0.29, 0.717) is 6.54 Å². The summed E-state index contributed by atoms with van der Waals surface area (Å²) in [5, 5.41) is 3.13. The molecule has 0 spiro atoms. The van der Waals surface area contributed by atoms with Crippen LogP contribution in [0.1, 0.15) is 25.6 Å². The summed E-state index contributed by atoms with van der Waals surface area (Å²) in [6, 6.07) is 0.0945. The summed E-state index contributed by atoms with van der Waals surface area (Å²) in [4.78, 5) is 4.22. The Kier molecular flexibility index (Phi) is 5.79. The van der Waals surface area contributed by atoms with E-state index in [1.165, 1.54) is 0 Å². The molecule has 1 atom stereocenters. The largest absolute Gasteiger partial charge is 0.333 e. The molecule has 1 aliphatic heterocycles. The summed E-state index contributed by atoms with van der Waals surface area (Å²) >= 11 is 0. The second kappa shape index (κ2) is 6.69. The number of imidazole rings is 1. The van der Waals surface area contributed by atoms with Crippen molar-refractivity contribution in [2.75, 3.05) is 13.6 Å². The van der Waals surface area contributed by atoms with Crippen LogP contribution in [0.4, 0.5) is 0 Å². The number of likely N-dealkylation sites (N-methyl/N-ethyl adjacent to an activating group) is 1. The van der Waals surface area contributed by atoms with Gasteiger partial charge >= 0.3 is 0 Å². The van der Waals surface area contributed by atoms with Gasteiger partial charge in [0.1, 0.15) is 5.82 Å². The van der Waals surface area contributed by atoms with Gasteiger partial charge in [-0.1, -0.05) is 0 Å². The molecule has 1 aliphatic rings. The molecule has 0 aliphatic carbocycles. The number of hydrogen-bond acceptors (Lipinski definition) is 4. The molecule has 2 rings (SSSR count). The first-order valence-corrected chi connectivity index (χ1v) is 7.74. The molecule has 0 radical (unpaired) electrons. The SMILES string of the molecule is CNC(C)CNS(=O)(=O)c1cn2c(n1)CCCC2.Cl. The van der Waals surface area contributed by atoms with Gasteiger partial charge in [0.25, 0.3) is 10.0 Å². The quantitative estimate of drug-likeness (QED) is 0.832. The van der Waals surface area contributed by atoms with Crippen molar-refractivity contribution >= 4 is 22.4 Å². The van der Waals surface area contributed by atoms with E-state index in [1.807, 2.05) is 11.5 Å². The monoisotopic (exact) mass is 308 g/mol. The van der Waals surface area contributed by atoms with Gasteiger partial charge in [-0.3, -0.25) is 0 Å². The molecule has 2 heterocycles. The van der Waals surface area contributed by atoms with Gasteiger partial charge in [0, 0.05) is 31.7 Å². The summed E-state index contributed by atoms with van der Waals surface area (Å²) in [6.45, 7) is 3.15. The van der Waals surface area contributed by atoms with Crippen LogP contribution < -0.4 is 10.0 Å². The second-order valence-electron chi connectivity index (χ2n) is 4.69. The number of rotatable bonds is 5. The van der Waals surface area contributed by atoms with Crippen LogP contribution in [0.5, 0.6) is 0 Å². The van der Waals surface area contributed by atoms with Crippen LogP contribution in [-0.4, -0.2) is 37.6 Å². The maximum Gasteiger partial charge on any atom is 0.259 e. The van der Waals surface area contributed by atoms with Crippen LogP contribution in [0.2, 0.25) is 0 Å². The molecule has 0 bridgehead atoms. The van der Waals surface area contributed by atoms with Gasteiger partial charge in [0.2, 0.25) is 0 Å². The summed E-state index contributed by atoms with van der Waals surface area (Å²) in [6.07, 6.45) is 4.68. The molecule has 0 saturated carbocycles. The van der Waals surface area contributed by atoms with Crippen LogP contribution in [0, 0.1) is 0 Å². The molecular formula is C11H21ClN4O2S. The molecule has 0 fully saturated rings. The first-order valence-electron chi connectivity index (χ1n) is 6.26. The van der Waals surface area contributed by atoms with E-state index in [4.69, 9.17) is 0 Å². The maximum absolute atomic E-state index is 12.1. The van der Waals surface area contributed by atoms with Crippen molar-refractivity contribution in [2.45, 2.75) is 43.8 Å². The van der Waals surface area contributed by atoms with E-state index in [2.05, 4.69) is 15.0 Å². The third-order valence-corrected chi connectivity index (χ3v) is 4.53. The standard InChI is InChI=1S/C11H20N4O2S.ClH/c1-9(12-2)7-13-18(16,17)11-8-15-6-4-3-5-10(15)14-11;/h8-9,12-13H,3-7H2,1-2H3;1H. The predicted octanol–water partition coefficient (Wildman–Crippen LogP) is 0.527. The lowest BCUT2D eigenvalue weighted by atomic mass is 10.2. The second-order valence-corrected chi connectivity index (χ2v) is 6.40. The van der Waals surface area contributed by atoms with Gasteiger partial charge in [-0.05, 0) is 26.8 Å². The molecule has 1 unspecified atom stereocenters. The van der Waals surface area contributed by atoms with Crippen molar-refractivity contribution in [3.8, 4) is 0 Å². The molecule has 1 aromatic rings. The first kappa shape index (κ1) is 16.4. The Labute approximate surface area is 120 Å². The lowest BCUT2D eigenvalue weighted by Gasteiger charge is -2.11. The van der Waals surface area contributed by atoms with Gasteiger partial charge < -0.3 is 9.88 Å². The summed E-state index contributed by atoms with van der Waals surface area (Å²) < 4.78 is 28.6. The van der Waals surface area contributed by atoms with Gasteiger partial charge in [-0.2, -0.15) is 0 Å². The van der Waals surface area contributed by atoms with E-state index >= 15 is 0 Å². The van der Waals surface area contributed by atoms with Crippen LogP contribution in [0.25, 0.3) is 0 Å². The van der Waals surface area contributed by atoms with Crippen molar-refractivity contribution in [3.05, 3.63) is 12.0 Å². The zero-order chi connectivity index (χ0) is 13.2. The first-order chi connectivity index (χ1) is 8.53. The van der Waals surface area contributed by atoms with Gasteiger partial charge in [0.15, 0.2) is 5.03 Å². The highest BCUT2D eigenvalue weighted by atomic mass is 35.5. The topological polar surface area (TPSA) is 76.0 Å². The number of nitrogens with zero attached hydrogens (tertiary/aromatic N) is 2. The van der Waals surface area contributed by atoms with Crippen LogP contribution >= 0.6 is 12.4 Å². The minimum Gasteiger partial charge on any atom is -0.333 e. The molecule has 0 aromatic carbocycles. The number of nitrogens with one attached hydrogen (secondary N) is 2. The van der Waals surface area contributed by atoms with Gasteiger partial charge in [0.05, 0.1) is 0 Å². The number of hydrogen-bond donors (Lipinski definition) is 2. The van der Waals surface area contributed by atoms with E-state index in [-0.39, 0.29) is 23.5 Å². The minimum absolute atomic E-state index is 0. The Bertz CT molecular complexity index is 491. The minimum atomic E-state index is -3.48. The average molecular weight is 309 g/mol. The van der Waals surface area contributed by atoms with E-state index in [9.17, 15) is 8.42 Å². The summed E-state index contributed by atoms with van der Waals surface area (Å²) in [5.74, 6) is 0.878. The Morgan fingerprint density at radius 3 is 2.84 bits per heavy atom. The molecule has 6 nitrogen and oxygen atoms in total. The summed E-state index contributed by atoms with van der Waals surface area (Å²) in [7, 11) is -1.68. The summed E-state index contributed by atoms with van der Waals surface area (Å²) in [5.41, 5.74) is 0. The molecule has 110 valence electrons. The fourth-order valence-corrected chi connectivity index (χ4v) is 3.04. The lowest BCUT2D eigenvalue weighted by molar-refractivity contribution is 0.522. The third kappa shape index (κ3) is 3.92. The Balaban J connectivity index is 0.00000180. The molecule has 19 heavy (non-hydrogen) atoms. The highest BCUT2D eigenvalue weighted by Crippen LogP contribution is 2.17. The van der Waals surface area contributed by atoms with Crippen LogP contribution in [0.15, 0.2) is 11.2 Å². The number of aryl methyl sites for hydroxylation is 2. The predicted molar refractivity (Wildman–Crippen MR) is 76.1 cm³/mol. The fraction of sp³-hybridized carbons (Fsp3) is 0.727. The molecular weight excluding hydrogens is 288 g/mol. The number of sulfonamides is 1. The van der Waals surface area contributed by atoms with Crippen molar-refractivity contribution in [1.82, 2.24) is 19.6 Å². The number of aromatic nitrogens is 2. The van der Waals surface area contributed by atoms with Crippen LogP contribution in [-0.2, 0) is 23.0 Å². The molecule has 0 amide bonds. The molecule has 8 heteroatoms. The van der Waals surface area contributed by atoms with Gasteiger partial charge in [-0.15, -0.1) is 12.4 Å². The fourth-order valence-electron chi connectivity index (χ4n) is 1.93. The lowest BCUT2D eigenvalue weighted by Crippen LogP contribution is -2.37. The number of fused-ring (bicyclic) bond motifs is 1. The molecule has 0 saturated heterocycles. The Hall–Kier alpha value is -0.630. The zero-order valence-electron chi connectivity index (χ0n) is 11.2. The Morgan fingerprint density at radius 2 is 2.21 bits per heavy atom.